The molecule has 1 aromatic carbocycles. The number of benzene rings is 1. The second-order valence-electron chi connectivity index (χ2n) is 4.24. The van der Waals surface area contributed by atoms with Crippen LogP contribution in [0.1, 0.15) is 5.01 Å². The molecule has 0 unspecified atom stereocenters. The summed E-state index contributed by atoms with van der Waals surface area (Å²) in [7, 11) is 1.51. The summed E-state index contributed by atoms with van der Waals surface area (Å²) in [6.07, 6.45) is 1.44. The summed E-state index contributed by atoms with van der Waals surface area (Å²) in [5.41, 5.74) is 1.71. The molecule has 0 saturated heterocycles. The van der Waals surface area contributed by atoms with E-state index in [-0.39, 0.29) is 12.2 Å². The monoisotopic (exact) mass is 314 g/mol. The average molecular weight is 314 g/mol. The van der Waals surface area contributed by atoms with Crippen LogP contribution < -0.4 is 0 Å². The van der Waals surface area contributed by atoms with Gasteiger partial charge < -0.3 is 9.47 Å². The van der Waals surface area contributed by atoms with Crippen molar-refractivity contribution in [3.8, 4) is 17.3 Å². The molecule has 0 atom stereocenters. The zero-order valence-corrected chi connectivity index (χ0v) is 12.8. The number of aromatic nitrogens is 1. The molecule has 22 heavy (non-hydrogen) atoms. The highest BCUT2D eigenvalue weighted by Crippen LogP contribution is 2.23. The lowest BCUT2D eigenvalue weighted by atomic mass is 10.2. The van der Waals surface area contributed by atoms with Crippen molar-refractivity contribution in [2.45, 2.75) is 0 Å². The maximum absolute atomic E-state index is 11.7. The summed E-state index contributed by atoms with van der Waals surface area (Å²) in [6, 6.07) is 11.5. The lowest BCUT2D eigenvalue weighted by Crippen LogP contribution is -2.11. The number of hydrogen-bond acceptors (Lipinski definition) is 6. The standard InChI is InChI=1S/C16H14N2O3S/c1-20-7-8-21-16(19)13(10-17)9-15-18-14(11-22-15)12-5-3-2-4-6-12/h2-6,9,11H,7-8H2,1H3/b13-9-. The molecule has 0 spiro atoms. The van der Waals surface area contributed by atoms with Gasteiger partial charge in [0.05, 0.1) is 12.3 Å². The first-order chi connectivity index (χ1) is 10.7. The van der Waals surface area contributed by atoms with Gasteiger partial charge in [0.1, 0.15) is 23.3 Å². The molecule has 5 nitrogen and oxygen atoms in total. The summed E-state index contributed by atoms with van der Waals surface area (Å²) in [5, 5.41) is 11.5. The number of ether oxygens (including phenoxy) is 2. The molecule has 0 aliphatic heterocycles. The third kappa shape index (κ3) is 4.25. The molecule has 0 N–H and O–H groups in total. The number of nitriles is 1. The van der Waals surface area contributed by atoms with Gasteiger partial charge in [-0.1, -0.05) is 30.3 Å². The predicted molar refractivity (Wildman–Crippen MR) is 84.0 cm³/mol. The minimum absolute atomic E-state index is 0.0786. The quantitative estimate of drug-likeness (QED) is 0.355. The van der Waals surface area contributed by atoms with Gasteiger partial charge in [0, 0.05) is 18.1 Å². The van der Waals surface area contributed by atoms with Gasteiger partial charge in [0.2, 0.25) is 0 Å². The molecule has 1 aromatic heterocycles. The molecule has 0 aliphatic carbocycles. The van der Waals surface area contributed by atoms with Crippen LogP contribution in [-0.4, -0.2) is 31.3 Å². The zero-order valence-electron chi connectivity index (χ0n) is 12.0. The fourth-order valence-corrected chi connectivity index (χ4v) is 2.41. The Bertz CT molecular complexity index is 702. The fraction of sp³-hybridized carbons (Fsp3) is 0.188. The molecule has 2 aromatic rings. The van der Waals surface area contributed by atoms with Crippen LogP contribution >= 0.6 is 11.3 Å². The van der Waals surface area contributed by atoms with E-state index in [0.717, 1.165) is 11.3 Å². The van der Waals surface area contributed by atoms with E-state index in [1.165, 1.54) is 24.5 Å². The molecule has 2 rings (SSSR count). The molecule has 6 heteroatoms. The Hall–Kier alpha value is -2.49. The number of rotatable bonds is 6. The maximum atomic E-state index is 11.7. The molecule has 0 fully saturated rings. The summed E-state index contributed by atoms with van der Waals surface area (Å²) in [5.74, 6) is -0.670. The van der Waals surface area contributed by atoms with Crippen molar-refractivity contribution in [3.05, 3.63) is 46.3 Å². The number of carbonyl (C=O) groups excluding carboxylic acids is 1. The lowest BCUT2D eigenvalue weighted by Gasteiger charge is -2.01. The zero-order chi connectivity index (χ0) is 15.8. The third-order valence-electron chi connectivity index (χ3n) is 2.72. The van der Waals surface area contributed by atoms with Crippen LogP contribution in [0.2, 0.25) is 0 Å². The highest BCUT2D eigenvalue weighted by molar-refractivity contribution is 7.10. The Morgan fingerprint density at radius 3 is 2.82 bits per heavy atom. The first-order valence-corrected chi connectivity index (χ1v) is 7.41. The predicted octanol–water partition coefficient (Wildman–Crippen LogP) is 2.91. The van der Waals surface area contributed by atoms with Gasteiger partial charge in [-0.25, -0.2) is 9.78 Å². The van der Waals surface area contributed by atoms with Gasteiger partial charge in [-0.3, -0.25) is 0 Å². The maximum Gasteiger partial charge on any atom is 0.349 e. The number of hydrogen-bond donors (Lipinski definition) is 0. The van der Waals surface area contributed by atoms with E-state index in [1.54, 1.807) is 0 Å². The second-order valence-corrected chi connectivity index (χ2v) is 5.13. The van der Waals surface area contributed by atoms with Crippen LogP contribution in [0.4, 0.5) is 0 Å². The van der Waals surface area contributed by atoms with E-state index in [2.05, 4.69) is 4.98 Å². The Morgan fingerprint density at radius 2 is 2.14 bits per heavy atom. The van der Waals surface area contributed by atoms with Gasteiger partial charge in [-0.2, -0.15) is 5.26 Å². The van der Waals surface area contributed by atoms with E-state index in [1.807, 2.05) is 41.8 Å². The van der Waals surface area contributed by atoms with E-state index < -0.39 is 5.97 Å². The molecule has 112 valence electrons. The van der Waals surface area contributed by atoms with Crippen molar-refractivity contribution in [2.75, 3.05) is 20.3 Å². The average Bonchev–Trinajstić information content (AvgIpc) is 3.02. The van der Waals surface area contributed by atoms with E-state index in [0.29, 0.717) is 11.6 Å². The Labute approximate surface area is 132 Å². The van der Waals surface area contributed by atoms with Crippen molar-refractivity contribution < 1.29 is 14.3 Å². The minimum atomic E-state index is -0.670. The van der Waals surface area contributed by atoms with E-state index in [9.17, 15) is 4.79 Å². The summed E-state index contributed by atoms with van der Waals surface area (Å²) in [6.45, 7) is 0.404. The van der Waals surface area contributed by atoms with Crippen LogP contribution in [0.15, 0.2) is 41.3 Å². The van der Waals surface area contributed by atoms with Crippen molar-refractivity contribution in [3.63, 3.8) is 0 Å². The van der Waals surface area contributed by atoms with E-state index >= 15 is 0 Å². The number of thiazole rings is 1. The third-order valence-corrected chi connectivity index (χ3v) is 3.51. The van der Waals surface area contributed by atoms with Crippen LogP contribution in [-0.2, 0) is 14.3 Å². The summed E-state index contributed by atoms with van der Waals surface area (Å²) in [4.78, 5) is 16.1. The van der Waals surface area contributed by atoms with Gasteiger partial charge in [-0.05, 0) is 6.08 Å². The summed E-state index contributed by atoms with van der Waals surface area (Å²) >= 11 is 1.36. The molecular formula is C16H14N2O3S. The lowest BCUT2D eigenvalue weighted by molar-refractivity contribution is -0.139. The van der Waals surface area contributed by atoms with Gasteiger partial charge in [0.25, 0.3) is 0 Å². The highest BCUT2D eigenvalue weighted by Gasteiger charge is 2.12. The molecule has 0 saturated carbocycles. The molecule has 0 radical (unpaired) electrons. The first kappa shape index (κ1) is 15.9. The molecule has 0 amide bonds. The normalized spacial score (nSPS) is 11.0. The van der Waals surface area contributed by atoms with Crippen LogP contribution in [0.25, 0.3) is 17.3 Å². The first-order valence-electron chi connectivity index (χ1n) is 6.53. The number of carbonyl (C=O) groups is 1. The van der Waals surface area contributed by atoms with Gasteiger partial charge in [-0.15, -0.1) is 11.3 Å². The van der Waals surface area contributed by atoms with Crippen LogP contribution in [0.5, 0.6) is 0 Å². The molecular weight excluding hydrogens is 300 g/mol. The fourth-order valence-electron chi connectivity index (χ4n) is 1.65. The van der Waals surface area contributed by atoms with Crippen molar-refractivity contribution >= 4 is 23.4 Å². The van der Waals surface area contributed by atoms with Crippen LogP contribution in [0.3, 0.4) is 0 Å². The van der Waals surface area contributed by atoms with Gasteiger partial charge >= 0.3 is 5.97 Å². The minimum Gasteiger partial charge on any atom is -0.459 e. The number of methoxy groups -OCH3 is 1. The molecule has 1 heterocycles. The Balaban J connectivity index is 2.12. The van der Waals surface area contributed by atoms with Crippen molar-refractivity contribution in [1.82, 2.24) is 4.98 Å². The van der Waals surface area contributed by atoms with Crippen LogP contribution in [0, 0.1) is 11.3 Å². The molecule has 0 bridgehead atoms. The van der Waals surface area contributed by atoms with Crippen molar-refractivity contribution in [1.29, 1.82) is 5.26 Å². The topological polar surface area (TPSA) is 72.2 Å². The van der Waals surface area contributed by atoms with Gasteiger partial charge in [0.15, 0.2) is 0 Å². The summed E-state index contributed by atoms with van der Waals surface area (Å²) < 4.78 is 9.71. The highest BCUT2D eigenvalue weighted by atomic mass is 32.1. The second kappa shape index (κ2) is 8.08. The Morgan fingerprint density at radius 1 is 1.36 bits per heavy atom. The van der Waals surface area contributed by atoms with Crippen molar-refractivity contribution in [2.24, 2.45) is 0 Å². The smallest absolute Gasteiger partial charge is 0.349 e. The number of nitrogens with zero attached hydrogens (tertiary/aromatic N) is 2. The number of esters is 1. The Kier molecular flexibility index (Phi) is 5.83. The van der Waals surface area contributed by atoms with E-state index in [4.69, 9.17) is 14.7 Å². The molecule has 0 aliphatic rings. The SMILES string of the molecule is COCCOC(=O)/C(C#N)=C\c1nc(-c2ccccc2)cs1. The largest absolute Gasteiger partial charge is 0.459 e.